The van der Waals surface area contributed by atoms with E-state index in [0.717, 1.165) is 34.4 Å². The number of aromatic nitrogens is 1. The Morgan fingerprint density at radius 3 is 2.76 bits per heavy atom. The molecule has 9 heteroatoms. The summed E-state index contributed by atoms with van der Waals surface area (Å²) in [5.74, 6) is 1.66. The number of carbonyl (C=O) groups is 1. The molecule has 2 N–H and O–H groups in total. The maximum Gasteiger partial charge on any atom is 0.254 e. The molecule has 0 saturated carbocycles. The minimum absolute atomic E-state index is 0.0205. The van der Waals surface area contributed by atoms with Gasteiger partial charge in [-0.2, -0.15) is 24.4 Å². The van der Waals surface area contributed by atoms with Gasteiger partial charge in [0, 0.05) is 48.5 Å². The molecule has 2 heterocycles. The topological polar surface area (TPSA) is 82.9 Å². The number of unbranched alkanes of at least 4 members (excludes halogenated alkanes) is 1. The van der Waals surface area contributed by atoms with Gasteiger partial charge in [-0.25, -0.2) is 9.37 Å². The fourth-order valence-electron chi connectivity index (χ4n) is 4.44. The number of hydrogen-bond donors (Lipinski definition) is 3. The molecule has 1 atom stereocenters. The average Bonchev–Trinajstić information content (AvgIpc) is 3.15. The third kappa shape index (κ3) is 5.14. The highest BCUT2D eigenvalue weighted by molar-refractivity contribution is 7.98. The zero-order valence-corrected chi connectivity index (χ0v) is 21.5. The first-order valence-corrected chi connectivity index (χ1v) is 13.2. The molecule has 0 bridgehead atoms. The van der Waals surface area contributed by atoms with Crippen molar-refractivity contribution < 1.29 is 24.1 Å². The van der Waals surface area contributed by atoms with E-state index >= 15 is 0 Å². The summed E-state index contributed by atoms with van der Waals surface area (Å²) in [7, 11) is 1.53. The summed E-state index contributed by atoms with van der Waals surface area (Å²) in [5, 5.41) is 19.8. The number of rotatable bonds is 12. The number of aliphatic hydroxyl groups is 2. The lowest BCUT2D eigenvalue weighted by Gasteiger charge is -2.37. The van der Waals surface area contributed by atoms with Crippen LogP contribution in [0.15, 0.2) is 24.3 Å². The maximum absolute atomic E-state index is 14.5. The van der Waals surface area contributed by atoms with Gasteiger partial charge in [0.25, 0.3) is 5.91 Å². The zero-order valence-electron chi connectivity index (χ0n) is 19.8. The van der Waals surface area contributed by atoms with Crippen LogP contribution in [0, 0.1) is 12.7 Å². The van der Waals surface area contributed by atoms with Crippen molar-refractivity contribution in [3.8, 4) is 0 Å². The number of aliphatic hydroxyl groups excluding tert-OH is 2. The number of fused-ring (bicyclic) bond motifs is 2. The molecule has 0 radical (unpaired) electrons. The molecule has 1 amide bonds. The summed E-state index contributed by atoms with van der Waals surface area (Å²) < 4.78 is 20.6. The molecule has 0 unspecified atom stereocenters. The highest BCUT2D eigenvalue weighted by Gasteiger charge is 2.50. The largest absolute Gasteiger partial charge is 0.396 e. The van der Waals surface area contributed by atoms with Crippen molar-refractivity contribution in [1.82, 2.24) is 9.88 Å². The molecule has 0 aliphatic carbocycles. The van der Waals surface area contributed by atoms with Crippen molar-refractivity contribution in [2.75, 3.05) is 31.8 Å². The van der Waals surface area contributed by atoms with Crippen LogP contribution in [-0.2, 0) is 27.6 Å². The normalized spacial score (nSPS) is 17.4. The summed E-state index contributed by atoms with van der Waals surface area (Å²) in [6.07, 6.45) is 2.50. The number of thioether (sulfide) groups is 1. The Morgan fingerprint density at radius 1 is 1.35 bits per heavy atom. The standard InChI is InChI=1S/C25H33FN2O4S2/c1-16-11-18-20(15-34-10-6-9-33)19-13-28(24(31)17(2)14-30)25(32-3,7-4-5-8-29)23(19)27-22(18)12-21(16)26/h11-12,29-30,33H,2,4-10,13-15H2,1,3H3/t25-/m1/s1. The van der Waals surface area contributed by atoms with Crippen LogP contribution in [-0.4, -0.2) is 57.8 Å². The summed E-state index contributed by atoms with van der Waals surface area (Å²) in [5.41, 5.74) is 2.42. The lowest BCUT2D eigenvalue weighted by atomic mass is 9.95. The highest BCUT2D eigenvalue weighted by Crippen LogP contribution is 2.46. The average molecular weight is 509 g/mol. The Bertz CT molecular complexity index is 1070. The van der Waals surface area contributed by atoms with Crippen molar-refractivity contribution >= 4 is 41.2 Å². The molecule has 186 valence electrons. The van der Waals surface area contributed by atoms with E-state index < -0.39 is 18.2 Å². The van der Waals surface area contributed by atoms with Crippen molar-refractivity contribution in [2.45, 2.75) is 50.6 Å². The Hall–Kier alpha value is -1.65. The number of benzene rings is 1. The monoisotopic (exact) mass is 508 g/mol. The number of hydrogen-bond acceptors (Lipinski definition) is 7. The van der Waals surface area contributed by atoms with Gasteiger partial charge >= 0.3 is 0 Å². The van der Waals surface area contributed by atoms with Crippen molar-refractivity contribution in [1.29, 1.82) is 0 Å². The molecule has 1 aromatic carbocycles. The maximum atomic E-state index is 14.5. The lowest BCUT2D eigenvalue weighted by Crippen LogP contribution is -2.47. The smallest absolute Gasteiger partial charge is 0.254 e. The Kier molecular flexibility index (Phi) is 9.40. The molecule has 0 fully saturated rings. The lowest BCUT2D eigenvalue weighted by molar-refractivity contribution is -0.169. The van der Waals surface area contributed by atoms with E-state index in [1.165, 1.54) is 13.2 Å². The highest BCUT2D eigenvalue weighted by atomic mass is 32.2. The van der Waals surface area contributed by atoms with Crippen LogP contribution in [0.5, 0.6) is 0 Å². The van der Waals surface area contributed by atoms with E-state index in [9.17, 15) is 19.4 Å². The van der Waals surface area contributed by atoms with Crippen molar-refractivity contribution in [2.24, 2.45) is 0 Å². The molecule has 0 spiro atoms. The Labute approximate surface area is 210 Å². The fraction of sp³-hybridized carbons (Fsp3) is 0.520. The number of halogens is 1. The Balaban J connectivity index is 2.22. The van der Waals surface area contributed by atoms with E-state index in [2.05, 4.69) is 19.2 Å². The second-order valence-corrected chi connectivity index (χ2v) is 10.0. The SMILES string of the molecule is C=C(CO)C(=O)N1Cc2c(nc3cc(F)c(C)cc3c2CSCCCS)[C@@]1(CCCCO)OC. The number of thiol groups is 1. The molecule has 34 heavy (non-hydrogen) atoms. The minimum atomic E-state index is -1.19. The van der Waals surface area contributed by atoms with Gasteiger partial charge in [-0.05, 0) is 54.9 Å². The third-order valence-corrected chi connectivity index (χ3v) is 7.69. The van der Waals surface area contributed by atoms with Gasteiger partial charge in [-0.3, -0.25) is 4.79 Å². The minimum Gasteiger partial charge on any atom is -0.396 e. The van der Waals surface area contributed by atoms with Crippen LogP contribution in [0.25, 0.3) is 10.9 Å². The fourth-order valence-corrected chi connectivity index (χ4v) is 5.84. The Morgan fingerprint density at radius 2 is 2.12 bits per heavy atom. The summed E-state index contributed by atoms with van der Waals surface area (Å²) >= 11 is 6.06. The van der Waals surface area contributed by atoms with Gasteiger partial charge in [0.1, 0.15) is 5.82 Å². The van der Waals surface area contributed by atoms with Crippen LogP contribution >= 0.6 is 24.4 Å². The number of aryl methyl sites for hydroxylation is 1. The number of carbonyl (C=O) groups excluding carboxylic acids is 1. The first-order valence-electron chi connectivity index (χ1n) is 11.4. The predicted molar refractivity (Wildman–Crippen MR) is 137 cm³/mol. The van der Waals surface area contributed by atoms with Gasteiger partial charge < -0.3 is 19.8 Å². The first-order chi connectivity index (χ1) is 16.3. The van der Waals surface area contributed by atoms with E-state index in [1.807, 2.05) is 6.07 Å². The molecule has 0 saturated heterocycles. The molecular weight excluding hydrogens is 475 g/mol. The summed E-state index contributed by atoms with van der Waals surface area (Å²) in [6.45, 7) is 5.27. The van der Waals surface area contributed by atoms with Crippen LogP contribution in [0.2, 0.25) is 0 Å². The number of methoxy groups -OCH3 is 1. The molecule has 1 aromatic heterocycles. The second kappa shape index (κ2) is 11.9. The number of ether oxygens (including phenoxy) is 1. The summed E-state index contributed by atoms with van der Waals surface area (Å²) in [4.78, 5) is 19.7. The van der Waals surface area contributed by atoms with Crippen LogP contribution in [0.3, 0.4) is 0 Å². The van der Waals surface area contributed by atoms with Crippen LogP contribution in [0.1, 0.15) is 48.1 Å². The zero-order chi connectivity index (χ0) is 24.9. The molecule has 2 aromatic rings. The number of nitrogens with zero attached hydrogens (tertiary/aromatic N) is 2. The van der Waals surface area contributed by atoms with E-state index in [4.69, 9.17) is 9.72 Å². The van der Waals surface area contributed by atoms with Gasteiger partial charge in [0.15, 0.2) is 5.72 Å². The molecule has 1 aliphatic heterocycles. The predicted octanol–water partition coefficient (Wildman–Crippen LogP) is 4.09. The molecule has 1 aliphatic rings. The van der Waals surface area contributed by atoms with E-state index in [-0.39, 0.29) is 24.5 Å². The molecular formula is C25H33FN2O4S2. The van der Waals surface area contributed by atoms with Gasteiger partial charge in [0.05, 0.1) is 24.4 Å². The van der Waals surface area contributed by atoms with Gasteiger partial charge in [-0.15, -0.1) is 0 Å². The number of pyridine rings is 1. The quantitative estimate of drug-likeness (QED) is 0.228. The van der Waals surface area contributed by atoms with E-state index in [0.29, 0.717) is 41.8 Å². The second-order valence-electron chi connectivity index (χ2n) is 8.49. The van der Waals surface area contributed by atoms with Crippen molar-refractivity contribution in [3.63, 3.8) is 0 Å². The summed E-state index contributed by atoms with van der Waals surface area (Å²) in [6, 6.07) is 3.27. The molecule has 6 nitrogen and oxygen atoms in total. The van der Waals surface area contributed by atoms with E-state index in [1.54, 1.807) is 23.6 Å². The molecule has 3 rings (SSSR count). The van der Waals surface area contributed by atoms with Gasteiger partial charge in [0.2, 0.25) is 0 Å². The first kappa shape index (κ1) is 26.9. The van der Waals surface area contributed by atoms with Crippen molar-refractivity contribution in [3.05, 3.63) is 52.5 Å². The third-order valence-electron chi connectivity index (χ3n) is 6.30. The number of amides is 1. The van der Waals surface area contributed by atoms with Crippen LogP contribution < -0.4 is 0 Å². The van der Waals surface area contributed by atoms with Gasteiger partial charge in [-0.1, -0.05) is 6.58 Å². The van der Waals surface area contributed by atoms with Crippen LogP contribution in [0.4, 0.5) is 4.39 Å².